The Morgan fingerprint density at radius 2 is 2.00 bits per heavy atom. The molecule has 1 aromatic carbocycles. The van der Waals surface area contributed by atoms with Crippen LogP contribution in [0.4, 0.5) is 5.69 Å². The van der Waals surface area contributed by atoms with Gasteiger partial charge in [0.25, 0.3) is 5.22 Å². The van der Waals surface area contributed by atoms with Crippen LogP contribution < -0.4 is 4.90 Å². The number of rotatable bonds is 6. The first-order valence-corrected chi connectivity index (χ1v) is 12.5. The smallest absolute Gasteiger partial charge is 0.277 e. The Bertz CT molecular complexity index is 1250. The summed E-state index contributed by atoms with van der Waals surface area (Å²) >= 11 is 4.51. The van der Waals surface area contributed by atoms with Crippen molar-refractivity contribution in [2.45, 2.75) is 31.9 Å². The van der Waals surface area contributed by atoms with Gasteiger partial charge in [-0.1, -0.05) is 17.8 Å². The maximum Gasteiger partial charge on any atom is 0.277 e. The average molecular weight is 470 g/mol. The number of aromatic nitrogens is 4. The summed E-state index contributed by atoms with van der Waals surface area (Å²) in [4.78, 5) is 23.6. The van der Waals surface area contributed by atoms with Crippen LogP contribution in [0.25, 0.3) is 11.3 Å². The largest absolute Gasteiger partial charge is 0.416 e. The summed E-state index contributed by atoms with van der Waals surface area (Å²) in [5.74, 6) is 0.802. The third kappa shape index (κ3) is 4.41. The highest BCUT2D eigenvalue weighted by atomic mass is 32.2. The second-order valence-electron chi connectivity index (χ2n) is 7.18. The highest BCUT2D eigenvalue weighted by Gasteiger charge is 2.25. The molecule has 0 N–H and O–H groups in total. The SMILES string of the molecule is Cc1nc(Cc2nnc(SCC(=O)N3CCc4cc(-c5csc(C)n5)ccc43)o2)cs1. The van der Waals surface area contributed by atoms with Crippen molar-refractivity contribution < 1.29 is 9.21 Å². The number of thiazole rings is 2. The molecule has 4 aromatic rings. The maximum absolute atomic E-state index is 12.8. The molecule has 0 aliphatic carbocycles. The third-order valence-corrected chi connectivity index (χ3v) is 7.36. The van der Waals surface area contributed by atoms with E-state index in [4.69, 9.17) is 4.42 Å². The van der Waals surface area contributed by atoms with Gasteiger partial charge >= 0.3 is 0 Å². The van der Waals surface area contributed by atoms with Gasteiger partial charge < -0.3 is 9.32 Å². The molecule has 0 radical (unpaired) electrons. The quantitative estimate of drug-likeness (QED) is 0.383. The first-order valence-electron chi connectivity index (χ1n) is 9.77. The van der Waals surface area contributed by atoms with E-state index in [0.29, 0.717) is 24.1 Å². The van der Waals surface area contributed by atoms with Crippen LogP contribution in [-0.4, -0.2) is 38.4 Å². The minimum absolute atomic E-state index is 0.0379. The average Bonchev–Trinajstić information content (AvgIpc) is 3.54. The molecule has 3 aromatic heterocycles. The van der Waals surface area contributed by atoms with Gasteiger partial charge in [0.1, 0.15) is 0 Å². The van der Waals surface area contributed by atoms with Gasteiger partial charge in [-0.25, -0.2) is 9.97 Å². The Kier molecular flexibility index (Phi) is 5.59. The fraction of sp³-hybridized carbons (Fsp3) is 0.286. The van der Waals surface area contributed by atoms with Crippen molar-refractivity contribution in [3.8, 4) is 11.3 Å². The molecule has 1 aliphatic rings. The number of carbonyl (C=O) groups excluding carboxylic acids is 1. The van der Waals surface area contributed by atoms with E-state index in [1.165, 1.54) is 17.3 Å². The molecular formula is C21H19N5O2S3. The van der Waals surface area contributed by atoms with Crippen molar-refractivity contribution >= 4 is 46.0 Å². The van der Waals surface area contributed by atoms with E-state index in [1.54, 1.807) is 22.7 Å². The highest BCUT2D eigenvalue weighted by Crippen LogP contribution is 2.33. The molecule has 5 rings (SSSR count). The van der Waals surface area contributed by atoms with E-state index in [-0.39, 0.29) is 11.7 Å². The van der Waals surface area contributed by atoms with Crippen LogP contribution in [-0.2, 0) is 17.6 Å². The third-order valence-electron chi connectivity index (χ3n) is 4.96. The highest BCUT2D eigenvalue weighted by molar-refractivity contribution is 7.99. The Balaban J connectivity index is 1.21. The van der Waals surface area contributed by atoms with Crippen molar-refractivity contribution in [3.05, 3.63) is 56.1 Å². The number of benzene rings is 1. The van der Waals surface area contributed by atoms with E-state index in [2.05, 4.69) is 31.6 Å². The monoisotopic (exact) mass is 469 g/mol. The number of aryl methyl sites for hydroxylation is 2. The van der Waals surface area contributed by atoms with E-state index < -0.39 is 0 Å². The first kappa shape index (κ1) is 20.3. The topological polar surface area (TPSA) is 85.0 Å². The fourth-order valence-corrected chi connectivity index (χ4v) is 5.42. The Hall–Kier alpha value is -2.56. The molecule has 4 heterocycles. The van der Waals surface area contributed by atoms with Gasteiger partial charge in [0, 0.05) is 28.6 Å². The summed E-state index contributed by atoms with van der Waals surface area (Å²) < 4.78 is 5.67. The molecule has 0 spiro atoms. The maximum atomic E-state index is 12.8. The predicted octanol–water partition coefficient (Wildman–Crippen LogP) is 4.54. The van der Waals surface area contributed by atoms with Crippen LogP contribution in [0.3, 0.4) is 0 Å². The number of anilines is 1. The number of thioether (sulfide) groups is 1. The first-order chi connectivity index (χ1) is 15.0. The lowest BCUT2D eigenvalue weighted by Gasteiger charge is -2.16. The van der Waals surface area contributed by atoms with Gasteiger partial charge in [-0.05, 0) is 38.0 Å². The van der Waals surface area contributed by atoms with Gasteiger partial charge in [0.2, 0.25) is 11.8 Å². The minimum atomic E-state index is 0.0379. The molecule has 1 amide bonds. The Morgan fingerprint density at radius 3 is 2.77 bits per heavy atom. The summed E-state index contributed by atoms with van der Waals surface area (Å²) in [6, 6.07) is 6.21. The van der Waals surface area contributed by atoms with Gasteiger partial charge in [-0.3, -0.25) is 4.79 Å². The molecule has 0 saturated heterocycles. The Labute approximate surface area is 191 Å². The van der Waals surface area contributed by atoms with E-state index in [1.807, 2.05) is 36.3 Å². The standard InChI is InChI=1S/C21H19N5O2S3/c1-12-22-16(9-29-12)8-19-24-25-21(28-19)31-11-20(27)26-6-5-15-7-14(3-4-18(15)26)17-10-30-13(2)23-17/h3-4,7,9-10H,5-6,8,11H2,1-2H3. The zero-order chi connectivity index (χ0) is 21.4. The van der Waals surface area contributed by atoms with Gasteiger partial charge in [-0.2, -0.15) is 0 Å². The van der Waals surface area contributed by atoms with Crippen molar-refractivity contribution in [1.29, 1.82) is 0 Å². The number of carbonyl (C=O) groups is 1. The summed E-state index contributed by atoms with van der Waals surface area (Å²) in [5, 5.41) is 14.6. The summed E-state index contributed by atoms with van der Waals surface area (Å²) in [5.41, 5.74) is 5.16. The second kappa shape index (κ2) is 8.52. The molecule has 0 unspecified atom stereocenters. The van der Waals surface area contributed by atoms with Crippen molar-refractivity contribution in [2.75, 3.05) is 17.2 Å². The number of hydrogen-bond acceptors (Lipinski definition) is 9. The van der Waals surface area contributed by atoms with Crippen LogP contribution in [0.15, 0.2) is 38.6 Å². The molecule has 1 aliphatic heterocycles. The normalized spacial score (nSPS) is 13.0. The lowest BCUT2D eigenvalue weighted by atomic mass is 10.1. The number of fused-ring (bicyclic) bond motifs is 1. The van der Waals surface area contributed by atoms with Gasteiger partial charge in [-0.15, -0.1) is 32.9 Å². The summed E-state index contributed by atoms with van der Waals surface area (Å²) in [6.07, 6.45) is 1.35. The lowest BCUT2D eigenvalue weighted by molar-refractivity contribution is -0.116. The number of nitrogens with zero attached hydrogens (tertiary/aromatic N) is 5. The van der Waals surface area contributed by atoms with E-state index in [0.717, 1.165) is 39.1 Å². The van der Waals surface area contributed by atoms with Crippen molar-refractivity contribution in [3.63, 3.8) is 0 Å². The second-order valence-corrected chi connectivity index (χ2v) is 10.2. The van der Waals surface area contributed by atoms with E-state index >= 15 is 0 Å². The molecular weight excluding hydrogens is 450 g/mol. The molecule has 0 saturated carbocycles. The predicted molar refractivity (Wildman–Crippen MR) is 123 cm³/mol. The van der Waals surface area contributed by atoms with Crippen molar-refractivity contribution in [1.82, 2.24) is 20.2 Å². The van der Waals surface area contributed by atoms with Gasteiger partial charge in [0.05, 0.1) is 33.6 Å². The van der Waals surface area contributed by atoms with Crippen LogP contribution in [0.1, 0.15) is 27.2 Å². The van der Waals surface area contributed by atoms with Crippen LogP contribution in [0.5, 0.6) is 0 Å². The molecule has 0 bridgehead atoms. The van der Waals surface area contributed by atoms with Crippen molar-refractivity contribution in [2.24, 2.45) is 0 Å². The lowest BCUT2D eigenvalue weighted by Crippen LogP contribution is -2.30. The van der Waals surface area contributed by atoms with Crippen LogP contribution in [0, 0.1) is 13.8 Å². The summed E-state index contributed by atoms with van der Waals surface area (Å²) in [6.45, 7) is 4.66. The minimum Gasteiger partial charge on any atom is -0.416 e. The molecule has 7 nitrogen and oxygen atoms in total. The van der Waals surface area contributed by atoms with Gasteiger partial charge in [0.15, 0.2) is 0 Å². The zero-order valence-electron chi connectivity index (χ0n) is 17.0. The molecule has 31 heavy (non-hydrogen) atoms. The molecule has 0 fully saturated rings. The van der Waals surface area contributed by atoms with E-state index in [9.17, 15) is 4.79 Å². The number of amides is 1. The van der Waals surface area contributed by atoms with Crippen LogP contribution in [0.2, 0.25) is 0 Å². The Morgan fingerprint density at radius 1 is 1.16 bits per heavy atom. The van der Waals surface area contributed by atoms with Crippen LogP contribution >= 0.6 is 34.4 Å². The molecule has 158 valence electrons. The molecule has 10 heteroatoms. The fourth-order valence-electron chi connectivity index (χ4n) is 3.53. The zero-order valence-corrected chi connectivity index (χ0v) is 19.4. The number of hydrogen-bond donors (Lipinski definition) is 0. The summed E-state index contributed by atoms with van der Waals surface area (Å²) in [7, 11) is 0. The molecule has 0 atom stereocenters.